The Morgan fingerprint density at radius 1 is 1.32 bits per heavy atom. The second kappa shape index (κ2) is 8.78. The normalized spacial score (nSPS) is 24.1. The number of likely N-dealkylation sites (N-methyl/N-ethyl adjacent to an activating group) is 1. The molecule has 8 heteroatoms. The lowest BCUT2D eigenvalue weighted by molar-refractivity contribution is -0.274. The lowest BCUT2D eigenvalue weighted by Crippen LogP contribution is -2.43. The van der Waals surface area contributed by atoms with Crippen LogP contribution in [0.5, 0.6) is 5.75 Å². The molecular weight excluding hydrogens is 371 g/mol. The van der Waals surface area contributed by atoms with Crippen LogP contribution in [-0.4, -0.2) is 49.5 Å². The Bertz CT molecular complexity index is 662. The highest BCUT2D eigenvalue weighted by Gasteiger charge is 2.44. The first-order valence-corrected chi connectivity index (χ1v) is 9.95. The summed E-state index contributed by atoms with van der Waals surface area (Å²) in [7, 11) is 1.93. The Kier molecular flexibility index (Phi) is 6.60. The van der Waals surface area contributed by atoms with Crippen molar-refractivity contribution in [2.75, 3.05) is 26.7 Å². The number of benzene rings is 1. The lowest BCUT2D eigenvalue weighted by Gasteiger charge is -2.40. The highest BCUT2D eigenvalue weighted by molar-refractivity contribution is 5.34. The van der Waals surface area contributed by atoms with Crippen LogP contribution in [0, 0.1) is 4.91 Å². The summed E-state index contributed by atoms with van der Waals surface area (Å²) in [5, 5.41) is 6.86. The Morgan fingerprint density at radius 2 is 2.07 bits per heavy atom. The van der Waals surface area contributed by atoms with Crippen molar-refractivity contribution in [3.63, 3.8) is 0 Å². The fourth-order valence-corrected chi connectivity index (χ4v) is 4.67. The van der Waals surface area contributed by atoms with Gasteiger partial charge >= 0.3 is 6.36 Å². The van der Waals surface area contributed by atoms with E-state index in [1.807, 2.05) is 7.05 Å². The van der Waals surface area contributed by atoms with Gasteiger partial charge in [0.1, 0.15) is 11.3 Å². The van der Waals surface area contributed by atoms with Crippen molar-refractivity contribution in [1.29, 1.82) is 0 Å². The summed E-state index contributed by atoms with van der Waals surface area (Å²) < 4.78 is 42.1. The first kappa shape index (κ1) is 21.0. The summed E-state index contributed by atoms with van der Waals surface area (Å²) in [5.41, 5.74) is -0.0801. The van der Waals surface area contributed by atoms with E-state index < -0.39 is 11.9 Å². The summed E-state index contributed by atoms with van der Waals surface area (Å²) in [6.07, 6.45) is 0.521. The van der Waals surface area contributed by atoms with Gasteiger partial charge in [0.05, 0.1) is 0 Å². The second-order valence-corrected chi connectivity index (χ2v) is 7.96. The predicted molar refractivity (Wildman–Crippen MR) is 101 cm³/mol. The van der Waals surface area contributed by atoms with E-state index in [9.17, 15) is 18.1 Å². The summed E-state index contributed by atoms with van der Waals surface area (Å²) in [4.78, 5) is 14.3. The fourth-order valence-electron chi connectivity index (χ4n) is 4.67. The molecule has 1 saturated heterocycles. The fraction of sp³-hybridized carbons (Fsp3) is 0.700. The summed E-state index contributed by atoms with van der Waals surface area (Å²) >= 11 is 0. The van der Waals surface area contributed by atoms with Crippen LogP contribution in [0.3, 0.4) is 0 Å². The SMILES string of the molecule is CN[C@@H]1CCN(CC(c2cccc(OC(F)(F)F)c2)C2(N=O)CCCCC2)C1. The van der Waals surface area contributed by atoms with Gasteiger partial charge in [0.25, 0.3) is 0 Å². The minimum atomic E-state index is -4.74. The van der Waals surface area contributed by atoms with Crippen LogP contribution in [0.2, 0.25) is 0 Å². The van der Waals surface area contributed by atoms with Gasteiger partial charge in [-0.1, -0.05) is 36.6 Å². The highest BCUT2D eigenvalue weighted by Crippen LogP contribution is 2.44. The molecule has 1 N–H and O–H groups in total. The maximum Gasteiger partial charge on any atom is 0.573 e. The zero-order valence-electron chi connectivity index (χ0n) is 16.2. The van der Waals surface area contributed by atoms with Gasteiger partial charge in [-0.25, -0.2) is 0 Å². The molecule has 5 nitrogen and oxygen atoms in total. The third kappa shape index (κ3) is 5.03. The van der Waals surface area contributed by atoms with E-state index in [1.165, 1.54) is 12.1 Å². The number of nitroso groups, excluding NO2 is 1. The van der Waals surface area contributed by atoms with Gasteiger partial charge in [0.2, 0.25) is 0 Å². The number of hydrogen-bond acceptors (Lipinski definition) is 5. The smallest absolute Gasteiger partial charge is 0.406 e. The molecule has 156 valence electrons. The van der Waals surface area contributed by atoms with E-state index in [-0.39, 0.29) is 11.7 Å². The molecule has 2 fully saturated rings. The summed E-state index contributed by atoms with van der Waals surface area (Å²) in [6.45, 7) is 2.37. The molecule has 1 heterocycles. The number of hydrogen-bond donors (Lipinski definition) is 1. The largest absolute Gasteiger partial charge is 0.573 e. The van der Waals surface area contributed by atoms with Crippen LogP contribution in [0.25, 0.3) is 0 Å². The van der Waals surface area contributed by atoms with E-state index in [0.717, 1.165) is 38.8 Å². The molecule has 28 heavy (non-hydrogen) atoms. The third-order valence-corrected chi connectivity index (χ3v) is 6.17. The molecule has 1 aliphatic heterocycles. The average molecular weight is 399 g/mol. The van der Waals surface area contributed by atoms with E-state index >= 15 is 0 Å². The monoisotopic (exact) mass is 399 g/mol. The molecule has 1 aliphatic carbocycles. The van der Waals surface area contributed by atoms with Crippen molar-refractivity contribution in [3.05, 3.63) is 34.7 Å². The van der Waals surface area contributed by atoms with Crippen molar-refractivity contribution >= 4 is 0 Å². The average Bonchev–Trinajstić information content (AvgIpc) is 3.13. The van der Waals surface area contributed by atoms with Gasteiger partial charge in [0, 0.05) is 25.0 Å². The zero-order chi connectivity index (χ0) is 20.2. The minimum Gasteiger partial charge on any atom is -0.406 e. The second-order valence-electron chi connectivity index (χ2n) is 7.96. The number of likely N-dealkylation sites (tertiary alicyclic amines) is 1. The van der Waals surface area contributed by atoms with Crippen LogP contribution < -0.4 is 10.1 Å². The van der Waals surface area contributed by atoms with Crippen LogP contribution in [-0.2, 0) is 0 Å². The van der Waals surface area contributed by atoms with Crippen molar-refractivity contribution in [2.45, 2.75) is 62.4 Å². The zero-order valence-corrected chi connectivity index (χ0v) is 16.2. The van der Waals surface area contributed by atoms with Crippen molar-refractivity contribution in [1.82, 2.24) is 10.2 Å². The molecule has 1 aromatic carbocycles. The van der Waals surface area contributed by atoms with Gasteiger partial charge in [-0.2, -0.15) is 4.91 Å². The van der Waals surface area contributed by atoms with E-state index in [4.69, 9.17) is 0 Å². The number of rotatable bonds is 7. The van der Waals surface area contributed by atoms with E-state index in [0.29, 0.717) is 31.0 Å². The Labute approximate surface area is 163 Å². The van der Waals surface area contributed by atoms with Crippen LogP contribution in [0.4, 0.5) is 13.2 Å². The molecule has 0 radical (unpaired) electrons. The molecule has 0 aromatic heterocycles. The Hall–Kier alpha value is -1.67. The summed E-state index contributed by atoms with van der Waals surface area (Å²) in [6, 6.07) is 6.47. The van der Waals surface area contributed by atoms with Crippen molar-refractivity contribution in [2.24, 2.45) is 5.18 Å². The highest BCUT2D eigenvalue weighted by atomic mass is 19.4. The number of nitrogens with zero attached hydrogens (tertiary/aromatic N) is 2. The predicted octanol–water partition coefficient (Wildman–Crippen LogP) is 4.43. The molecule has 1 aromatic rings. The molecule has 1 unspecified atom stereocenters. The van der Waals surface area contributed by atoms with Gasteiger partial charge < -0.3 is 15.0 Å². The number of alkyl halides is 3. The first-order chi connectivity index (χ1) is 13.3. The number of halogens is 3. The van der Waals surface area contributed by atoms with E-state index in [1.54, 1.807) is 12.1 Å². The molecule has 2 aliphatic rings. The molecule has 0 bridgehead atoms. The van der Waals surface area contributed by atoms with Gasteiger partial charge in [-0.05, 0) is 50.6 Å². The van der Waals surface area contributed by atoms with Crippen LogP contribution >= 0.6 is 0 Å². The topological polar surface area (TPSA) is 53.9 Å². The number of ether oxygens (including phenoxy) is 1. The molecule has 2 atom stereocenters. The molecular formula is C20H28F3N3O2. The Morgan fingerprint density at radius 3 is 2.68 bits per heavy atom. The van der Waals surface area contributed by atoms with Gasteiger partial charge in [0.15, 0.2) is 0 Å². The van der Waals surface area contributed by atoms with Crippen molar-refractivity contribution < 1.29 is 17.9 Å². The molecule has 0 spiro atoms. The maximum absolute atomic E-state index is 12.7. The maximum atomic E-state index is 12.7. The quantitative estimate of drug-likeness (QED) is 0.689. The van der Waals surface area contributed by atoms with Crippen LogP contribution in [0.15, 0.2) is 29.4 Å². The third-order valence-electron chi connectivity index (χ3n) is 6.17. The van der Waals surface area contributed by atoms with Gasteiger partial charge in [-0.3, -0.25) is 0 Å². The molecule has 1 saturated carbocycles. The summed E-state index contributed by atoms with van der Waals surface area (Å²) in [5.74, 6) is -0.501. The minimum absolute atomic E-state index is 0.249. The first-order valence-electron chi connectivity index (χ1n) is 9.95. The van der Waals surface area contributed by atoms with E-state index in [2.05, 4.69) is 20.1 Å². The van der Waals surface area contributed by atoms with Crippen molar-refractivity contribution in [3.8, 4) is 5.75 Å². The van der Waals surface area contributed by atoms with Gasteiger partial charge in [-0.15, -0.1) is 13.2 Å². The lowest BCUT2D eigenvalue weighted by atomic mass is 9.70. The number of nitrogens with one attached hydrogen (secondary N) is 1. The standard InChI is InChI=1S/C20H28F3N3O2/c1-24-16-8-11-26(13-16)14-18(19(25-27)9-3-2-4-10-19)15-6-5-7-17(12-15)28-20(21,22)23/h5-7,12,16,18,24H,2-4,8-11,13-14H2,1H3/t16-,18?/m1/s1. The molecule has 0 amide bonds. The van der Waals surface area contributed by atoms with Crippen LogP contribution in [0.1, 0.15) is 50.0 Å². The Balaban J connectivity index is 1.89. The molecule has 3 rings (SSSR count).